The Morgan fingerprint density at radius 2 is 2.00 bits per heavy atom. The van der Waals surface area contributed by atoms with Crippen LogP contribution in [0.25, 0.3) is 0 Å². The molecule has 2 aromatic rings. The summed E-state index contributed by atoms with van der Waals surface area (Å²) in [5.74, 6) is 2.95. The van der Waals surface area contributed by atoms with Crippen LogP contribution in [0.5, 0.6) is 0 Å². The number of rotatable bonds is 6. The first-order valence-electron chi connectivity index (χ1n) is 10.2. The van der Waals surface area contributed by atoms with Gasteiger partial charge >= 0.3 is 6.18 Å². The summed E-state index contributed by atoms with van der Waals surface area (Å²) in [6.07, 6.45) is 8.31. The molecule has 0 fully saturated rings. The average molecular weight is 435 g/mol. The van der Waals surface area contributed by atoms with Crippen LogP contribution in [0.4, 0.5) is 13.2 Å². The minimum absolute atomic E-state index is 0.345. The van der Waals surface area contributed by atoms with Crippen LogP contribution in [0.1, 0.15) is 50.8 Å². The molecular weight excluding hydrogens is 401 g/mol. The molecule has 0 aliphatic heterocycles. The van der Waals surface area contributed by atoms with E-state index < -0.39 is 11.7 Å². The van der Waals surface area contributed by atoms with E-state index in [0.29, 0.717) is 31.0 Å². The average Bonchev–Trinajstić information content (AvgIpc) is 3.14. The van der Waals surface area contributed by atoms with Crippen LogP contribution in [0, 0.1) is 25.2 Å². The van der Waals surface area contributed by atoms with Gasteiger partial charge in [0.25, 0.3) is 0 Å². The number of nitrogens with zero attached hydrogens (tertiary/aromatic N) is 3. The maximum Gasteiger partial charge on any atom is 0.416 e. The Hall–Kier alpha value is -3.01. The van der Waals surface area contributed by atoms with E-state index in [2.05, 4.69) is 29.9 Å². The second-order valence-electron chi connectivity index (χ2n) is 6.72. The van der Waals surface area contributed by atoms with Crippen molar-refractivity contribution < 1.29 is 13.2 Å². The number of alkyl halides is 3. The summed E-state index contributed by atoms with van der Waals surface area (Å²) in [7, 11) is 0. The number of hydrogen-bond acceptors (Lipinski definition) is 3. The Kier molecular flexibility index (Phi) is 13.4. The molecule has 4 nitrogen and oxygen atoms in total. The normalized spacial score (nSPS) is 11.4. The van der Waals surface area contributed by atoms with Crippen molar-refractivity contribution in [2.45, 2.75) is 53.8 Å². The van der Waals surface area contributed by atoms with Gasteiger partial charge in [-0.15, -0.1) is 12.3 Å². The lowest BCUT2D eigenvalue weighted by atomic mass is 10.1. The summed E-state index contributed by atoms with van der Waals surface area (Å²) in [6, 6.07) is 5.29. The van der Waals surface area contributed by atoms with Gasteiger partial charge in [-0.25, -0.2) is 0 Å². The molecule has 0 atom stereocenters. The van der Waals surface area contributed by atoms with Gasteiger partial charge in [-0.2, -0.15) is 18.3 Å². The first kappa shape index (κ1) is 28.0. The largest absolute Gasteiger partial charge is 0.416 e. The zero-order chi connectivity index (χ0) is 23.9. The molecule has 0 bridgehead atoms. The summed E-state index contributed by atoms with van der Waals surface area (Å²) in [4.78, 5) is 4.14. The fraction of sp³-hybridized carbons (Fsp3) is 0.417. The van der Waals surface area contributed by atoms with E-state index in [4.69, 9.17) is 12.2 Å². The zero-order valence-electron chi connectivity index (χ0n) is 18.9. The van der Waals surface area contributed by atoms with Gasteiger partial charge in [0.1, 0.15) is 0 Å². The van der Waals surface area contributed by atoms with E-state index in [9.17, 15) is 13.2 Å². The highest BCUT2D eigenvalue weighted by Crippen LogP contribution is 2.29. The lowest BCUT2D eigenvalue weighted by Crippen LogP contribution is -2.07. The standard InChI is InChI=1S/C12H11F3N2.C10H16N2.C2H6/c1-9-6-16-17(7-9)8-10-3-2-4-11(5-10)12(13,14)15;1-4-5-6-12-8-10(7-11)9(2)3;1-2/h2-7H,8H2,1H3;1,7-9H,5-6,11H2,2-3H3;1-2H3/b;10-7+,12-8?;. The Bertz CT molecular complexity index is 856. The molecule has 2 rings (SSSR count). The van der Waals surface area contributed by atoms with Crippen molar-refractivity contribution in [2.24, 2.45) is 16.6 Å². The summed E-state index contributed by atoms with van der Waals surface area (Å²) < 4.78 is 39.1. The van der Waals surface area contributed by atoms with E-state index in [-0.39, 0.29) is 0 Å². The van der Waals surface area contributed by atoms with Crippen LogP contribution in [-0.4, -0.2) is 22.5 Å². The van der Waals surface area contributed by atoms with Crippen molar-refractivity contribution in [3.8, 4) is 12.3 Å². The SMILES string of the molecule is C#CCCN=C/C(=C\N)C(C)C.CC.Cc1cnn(Cc2cccc(C(F)(F)F)c2)c1. The van der Waals surface area contributed by atoms with Crippen molar-refractivity contribution in [1.82, 2.24) is 9.78 Å². The van der Waals surface area contributed by atoms with Crippen LogP contribution in [-0.2, 0) is 12.7 Å². The van der Waals surface area contributed by atoms with Gasteiger partial charge in [0.05, 0.1) is 18.3 Å². The number of aromatic nitrogens is 2. The maximum atomic E-state index is 12.5. The summed E-state index contributed by atoms with van der Waals surface area (Å²) in [5, 5.41) is 4.04. The number of allylic oxidation sites excluding steroid dienone is 1. The smallest absolute Gasteiger partial charge is 0.404 e. The third-order valence-electron chi connectivity index (χ3n) is 3.85. The fourth-order valence-electron chi connectivity index (χ4n) is 2.27. The summed E-state index contributed by atoms with van der Waals surface area (Å²) in [5.41, 5.74) is 7.39. The number of nitrogens with two attached hydrogens (primary N) is 1. The van der Waals surface area contributed by atoms with Gasteiger partial charge in [0, 0.05) is 25.4 Å². The minimum Gasteiger partial charge on any atom is -0.404 e. The van der Waals surface area contributed by atoms with Crippen LogP contribution in [0.2, 0.25) is 0 Å². The Morgan fingerprint density at radius 3 is 2.48 bits per heavy atom. The highest BCUT2D eigenvalue weighted by molar-refractivity contribution is 5.78. The second kappa shape index (κ2) is 14.9. The molecule has 0 spiro atoms. The molecule has 0 radical (unpaired) electrons. The van der Waals surface area contributed by atoms with E-state index in [1.54, 1.807) is 35.6 Å². The first-order chi connectivity index (χ1) is 14.7. The lowest BCUT2D eigenvalue weighted by molar-refractivity contribution is -0.137. The van der Waals surface area contributed by atoms with Crippen molar-refractivity contribution >= 4 is 6.21 Å². The minimum atomic E-state index is -4.30. The monoisotopic (exact) mass is 434 g/mol. The number of hydrogen-bond donors (Lipinski definition) is 1. The molecule has 31 heavy (non-hydrogen) atoms. The lowest BCUT2D eigenvalue weighted by Gasteiger charge is -2.08. The predicted molar refractivity (Wildman–Crippen MR) is 123 cm³/mol. The van der Waals surface area contributed by atoms with E-state index in [0.717, 1.165) is 23.3 Å². The van der Waals surface area contributed by atoms with Crippen molar-refractivity contribution in [1.29, 1.82) is 0 Å². The number of terminal acetylenes is 1. The Balaban J connectivity index is 0.000000570. The molecule has 7 heteroatoms. The van der Waals surface area contributed by atoms with Gasteiger partial charge in [-0.1, -0.05) is 39.8 Å². The van der Waals surface area contributed by atoms with Crippen molar-refractivity contribution in [2.75, 3.05) is 6.54 Å². The molecule has 0 aliphatic rings. The number of aryl methyl sites for hydroxylation is 1. The topological polar surface area (TPSA) is 56.2 Å². The molecule has 170 valence electrons. The summed E-state index contributed by atoms with van der Waals surface area (Å²) in [6.45, 7) is 11.1. The quantitative estimate of drug-likeness (QED) is 0.351. The molecule has 0 aliphatic carbocycles. The highest BCUT2D eigenvalue weighted by Gasteiger charge is 2.30. The Labute approximate surface area is 184 Å². The van der Waals surface area contributed by atoms with E-state index >= 15 is 0 Å². The molecule has 0 saturated heterocycles. The van der Waals surface area contributed by atoms with Crippen molar-refractivity contribution in [3.05, 3.63) is 65.1 Å². The van der Waals surface area contributed by atoms with Gasteiger partial charge < -0.3 is 5.73 Å². The maximum absolute atomic E-state index is 12.5. The van der Waals surface area contributed by atoms with E-state index in [1.165, 1.54) is 6.07 Å². The van der Waals surface area contributed by atoms with Crippen LogP contribution in [0.3, 0.4) is 0 Å². The van der Waals surface area contributed by atoms with Crippen LogP contribution >= 0.6 is 0 Å². The van der Waals surface area contributed by atoms with Crippen molar-refractivity contribution in [3.63, 3.8) is 0 Å². The molecule has 1 heterocycles. The molecule has 0 amide bonds. The molecule has 0 unspecified atom stereocenters. The zero-order valence-corrected chi connectivity index (χ0v) is 18.9. The van der Waals surface area contributed by atoms with Crippen LogP contribution < -0.4 is 5.73 Å². The number of benzene rings is 1. The molecule has 1 aromatic carbocycles. The van der Waals surface area contributed by atoms with Gasteiger partial charge in [-0.05, 0) is 47.9 Å². The molecular formula is C24H33F3N4. The molecule has 1 aromatic heterocycles. The van der Waals surface area contributed by atoms with Crippen LogP contribution in [0.15, 0.2) is 53.4 Å². The van der Waals surface area contributed by atoms with E-state index in [1.807, 2.05) is 20.8 Å². The third-order valence-corrected chi connectivity index (χ3v) is 3.85. The summed E-state index contributed by atoms with van der Waals surface area (Å²) >= 11 is 0. The molecule has 0 saturated carbocycles. The van der Waals surface area contributed by atoms with Gasteiger partial charge in [0.2, 0.25) is 0 Å². The predicted octanol–water partition coefficient (Wildman–Crippen LogP) is 5.86. The third kappa shape index (κ3) is 11.7. The fourth-order valence-corrected chi connectivity index (χ4v) is 2.27. The Morgan fingerprint density at radius 1 is 1.32 bits per heavy atom. The number of halogens is 3. The van der Waals surface area contributed by atoms with Gasteiger partial charge in [-0.3, -0.25) is 9.67 Å². The van der Waals surface area contributed by atoms with Gasteiger partial charge in [0.15, 0.2) is 0 Å². The second-order valence-corrected chi connectivity index (χ2v) is 6.72. The number of aliphatic imine (C=N–C) groups is 1. The molecule has 2 N–H and O–H groups in total. The highest BCUT2D eigenvalue weighted by atomic mass is 19.4. The first-order valence-corrected chi connectivity index (χ1v) is 10.2.